The molecule has 0 aliphatic rings. The van der Waals surface area contributed by atoms with Gasteiger partial charge in [0.2, 0.25) is 5.88 Å². The summed E-state index contributed by atoms with van der Waals surface area (Å²) in [6, 6.07) is 9.89. The normalized spacial score (nSPS) is 10.8. The van der Waals surface area contributed by atoms with Crippen LogP contribution in [-0.4, -0.2) is 28.8 Å². The molecule has 0 amide bonds. The lowest BCUT2D eigenvalue weighted by Crippen LogP contribution is -2.00. The monoisotopic (exact) mass is 413 g/mol. The van der Waals surface area contributed by atoms with Gasteiger partial charge in [0.1, 0.15) is 11.5 Å². The maximum atomic E-state index is 14.0. The zero-order chi connectivity index (χ0) is 21.3. The molecule has 154 valence electrons. The minimum atomic E-state index is -0.569. The van der Waals surface area contributed by atoms with Crippen LogP contribution in [0.5, 0.6) is 34.6 Å². The van der Waals surface area contributed by atoms with Crippen molar-refractivity contribution in [2.24, 2.45) is 0 Å². The molecule has 0 unspecified atom stereocenters. The summed E-state index contributed by atoms with van der Waals surface area (Å²) in [6.45, 7) is 1.81. The summed E-state index contributed by atoms with van der Waals surface area (Å²) in [5, 5.41) is 4.35. The standard InChI is InChI=1S/C21H17F2N3O4/c1-12-11-24-21-19(29-13-4-6-17(27-2)15(22)8-13)10-20(25-26(12)21)30-14-5-7-18(28-3)16(23)9-14/h4-11H,1-3H3. The maximum Gasteiger partial charge on any atom is 0.241 e. The van der Waals surface area contributed by atoms with Crippen molar-refractivity contribution in [3.63, 3.8) is 0 Å². The molecule has 0 radical (unpaired) electrons. The van der Waals surface area contributed by atoms with Crippen molar-refractivity contribution < 1.29 is 27.7 Å². The van der Waals surface area contributed by atoms with E-state index in [-0.39, 0.29) is 34.6 Å². The highest BCUT2D eigenvalue weighted by atomic mass is 19.1. The van der Waals surface area contributed by atoms with Crippen LogP contribution in [0.3, 0.4) is 0 Å². The molecule has 0 spiro atoms. The second-order valence-corrected chi connectivity index (χ2v) is 6.28. The van der Waals surface area contributed by atoms with Gasteiger partial charge < -0.3 is 18.9 Å². The zero-order valence-corrected chi connectivity index (χ0v) is 16.3. The lowest BCUT2D eigenvalue weighted by Gasteiger charge is -2.11. The van der Waals surface area contributed by atoms with E-state index in [1.54, 1.807) is 25.3 Å². The largest absolute Gasteiger partial charge is 0.494 e. The number of ether oxygens (including phenoxy) is 4. The molecule has 0 fully saturated rings. The van der Waals surface area contributed by atoms with E-state index >= 15 is 0 Å². The fraction of sp³-hybridized carbons (Fsp3) is 0.143. The Labute approximate surface area is 170 Å². The SMILES string of the molecule is COc1ccc(Oc2cc(Oc3ccc(OC)c(F)c3)c3ncc(C)n3n2)cc1F. The van der Waals surface area contributed by atoms with Crippen LogP contribution in [0.2, 0.25) is 0 Å². The smallest absolute Gasteiger partial charge is 0.241 e. The number of imidazole rings is 1. The molecule has 4 rings (SSSR count). The molecule has 0 N–H and O–H groups in total. The summed E-state index contributed by atoms with van der Waals surface area (Å²) < 4.78 is 50.9. The molecule has 9 heteroatoms. The average molecular weight is 413 g/mol. The van der Waals surface area contributed by atoms with Crippen LogP contribution in [0.4, 0.5) is 8.78 Å². The van der Waals surface area contributed by atoms with Crippen molar-refractivity contribution in [2.75, 3.05) is 14.2 Å². The molecule has 0 saturated carbocycles. The lowest BCUT2D eigenvalue weighted by molar-refractivity contribution is 0.380. The van der Waals surface area contributed by atoms with Gasteiger partial charge >= 0.3 is 0 Å². The first kappa shape index (κ1) is 19.4. The second-order valence-electron chi connectivity index (χ2n) is 6.28. The summed E-state index contributed by atoms with van der Waals surface area (Å²) in [4.78, 5) is 4.28. The van der Waals surface area contributed by atoms with Gasteiger partial charge in [-0.25, -0.2) is 18.3 Å². The van der Waals surface area contributed by atoms with E-state index in [2.05, 4.69) is 10.1 Å². The van der Waals surface area contributed by atoms with E-state index in [4.69, 9.17) is 18.9 Å². The second kappa shape index (κ2) is 7.86. The van der Waals surface area contributed by atoms with E-state index in [0.717, 1.165) is 5.69 Å². The van der Waals surface area contributed by atoms with Crippen molar-refractivity contribution >= 4 is 5.65 Å². The average Bonchev–Trinajstić information content (AvgIpc) is 3.09. The number of hydrogen-bond acceptors (Lipinski definition) is 6. The van der Waals surface area contributed by atoms with Crippen molar-refractivity contribution in [1.29, 1.82) is 0 Å². The minimum absolute atomic E-state index is 0.0989. The number of benzene rings is 2. The van der Waals surface area contributed by atoms with E-state index in [0.29, 0.717) is 5.65 Å². The maximum absolute atomic E-state index is 14.0. The molecule has 7 nitrogen and oxygen atoms in total. The van der Waals surface area contributed by atoms with Crippen LogP contribution < -0.4 is 18.9 Å². The molecule has 0 aliphatic carbocycles. The van der Waals surface area contributed by atoms with Crippen LogP contribution in [0.1, 0.15) is 5.69 Å². The van der Waals surface area contributed by atoms with Gasteiger partial charge in [0.25, 0.3) is 0 Å². The topological polar surface area (TPSA) is 67.1 Å². The zero-order valence-electron chi connectivity index (χ0n) is 16.3. The molecule has 2 heterocycles. The number of methoxy groups -OCH3 is 2. The Morgan fingerprint density at radius 2 is 1.40 bits per heavy atom. The quantitative estimate of drug-likeness (QED) is 0.447. The molecule has 2 aromatic heterocycles. The minimum Gasteiger partial charge on any atom is -0.494 e. The number of rotatable bonds is 6. The Hall–Kier alpha value is -3.88. The van der Waals surface area contributed by atoms with Crippen LogP contribution in [0.15, 0.2) is 48.7 Å². The highest BCUT2D eigenvalue weighted by molar-refractivity contribution is 5.57. The molecule has 0 aliphatic heterocycles. The van der Waals surface area contributed by atoms with Crippen LogP contribution in [0, 0.1) is 18.6 Å². The third-order valence-electron chi connectivity index (χ3n) is 4.28. The van der Waals surface area contributed by atoms with Gasteiger partial charge in [-0.2, -0.15) is 0 Å². The lowest BCUT2D eigenvalue weighted by atomic mass is 10.3. The van der Waals surface area contributed by atoms with Gasteiger partial charge in [-0.3, -0.25) is 0 Å². The summed E-state index contributed by atoms with van der Waals surface area (Å²) in [7, 11) is 2.76. The van der Waals surface area contributed by atoms with Crippen LogP contribution >= 0.6 is 0 Å². The van der Waals surface area contributed by atoms with Gasteiger partial charge in [-0.15, -0.1) is 5.10 Å². The fourth-order valence-electron chi connectivity index (χ4n) is 2.82. The number of aromatic nitrogens is 3. The Morgan fingerprint density at radius 3 is 1.97 bits per heavy atom. The molecule has 0 bridgehead atoms. The van der Waals surface area contributed by atoms with E-state index in [1.165, 1.54) is 49.1 Å². The van der Waals surface area contributed by atoms with E-state index in [9.17, 15) is 8.78 Å². The third kappa shape index (κ3) is 3.69. The van der Waals surface area contributed by atoms with Crippen molar-refractivity contribution in [3.05, 3.63) is 66.0 Å². The molecular formula is C21H17F2N3O4. The highest BCUT2D eigenvalue weighted by Gasteiger charge is 2.15. The van der Waals surface area contributed by atoms with Gasteiger partial charge in [-0.1, -0.05) is 0 Å². The molecule has 2 aromatic carbocycles. The number of nitrogens with zero attached hydrogens (tertiary/aromatic N) is 3. The van der Waals surface area contributed by atoms with Crippen molar-refractivity contribution in [3.8, 4) is 34.6 Å². The van der Waals surface area contributed by atoms with Crippen LogP contribution in [0.25, 0.3) is 5.65 Å². The highest BCUT2D eigenvalue weighted by Crippen LogP contribution is 2.33. The summed E-state index contributed by atoms with van der Waals surface area (Å²) in [5.41, 5.74) is 1.14. The number of fused-ring (bicyclic) bond motifs is 1. The Morgan fingerprint density at radius 1 is 0.800 bits per heavy atom. The third-order valence-corrected chi connectivity index (χ3v) is 4.28. The fourth-order valence-corrected chi connectivity index (χ4v) is 2.82. The van der Waals surface area contributed by atoms with E-state index in [1.807, 2.05) is 0 Å². The summed E-state index contributed by atoms with van der Waals surface area (Å²) in [6.07, 6.45) is 1.61. The Balaban J connectivity index is 1.71. The molecule has 4 aromatic rings. The molecular weight excluding hydrogens is 396 g/mol. The number of halogens is 2. The summed E-state index contributed by atoms with van der Waals surface area (Å²) >= 11 is 0. The van der Waals surface area contributed by atoms with Crippen molar-refractivity contribution in [1.82, 2.24) is 14.6 Å². The number of aryl methyl sites for hydroxylation is 1. The first-order valence-electron chi connectivity index (χ1n) is 8.86. The number of hydrogen-bond donors (Lipinski definition) is 0. The molecule has 30 heavy (non-hydrogen) atoms. The van der Waals surface area contributed by atoms with Gasteiger partial charge in [0, 0.05) is 18.2 Å². The first-order valence-corrected chi connectivity index (χ1v) is 8.86. The Kier molecular flexibility index (Phi) is 5.09. The predicted octanol–water partition coefficient (Wildman–Crippen LogP) is 4.92. The van der Waals surface area contributed by atoms with Crippen molar-refractivity contribution in [2.45, 2.75) is 6.92 Å². The molecule has 0 saturated heterocycles. The van der Waals surface area contributed by atoms with Gasteiger partial charge in [0.15, 0.2) is 34.5 Å². The predicted molar refractivity (Wildman–Crippen MR) is 104 cm³/mol. The molecule has 0 atom stereocenters. The van der Waals surface area contributed by atoms with E-state index < -0.39 is 11.6 Å². The van der Waals surface area contributed by atoms with Gasteiger partial charge in [0.05, 0.1) is 26.1 Å². The van der Waals surface area contributed by atoms with Gasteiger partial charge in [-0.05, 0) is 31.2 Å². The summed E-state index contributed by atoms with van der Waals surface area (Å²) in [5.74, 6) is -0.0530. The Bertz CT molecular complexity index is 1230. The first-order chi connectivity index (χ1) is 14.5. The van der Waals surface area contributed by atoms with Crippen LogP contribution in [-0.2, 0) is 0 Å².